The molecule has 0 aliphatic heterocycles. The summed E-state index contributed by atoms with van der Waals surface area (Å²) in [5.41, 5.74) is 1.18. The van der Waals surface area contributed by atoms with Crippen LogP contribution in [0.4, 0.5) is 0 Å². The van der Waals surface area contributed by atoms with Crippen LogP contribution < -0.4 is 0 Å². The molecule has 4 bridgehead atoms. The second-order valence-electron chi connectivity index (χ2n) is 10.7. The van der Waals surface area contributed by atoms with Crippen LogP contribution in [0.15, 0.2) is 0 Å². The van der Waals surface area contributed by atoms with Crippen molar-refractivity contribution in [2.24, 2.45) is 46.3 Å². The second kappa shape index (κ2) is 4.71. The lowest BCUT2D eigenvalue weighted by Crippen LogP contribution is -2.58. The molecule has 0 heterocycles. The van der Waals surface area contributed by atoms with Crippen molar-refractivity contribution < 1.29 is 0 Å². The highest BCUT2D eigenvalue weighted by molar-refractivity contribution is 7.08. The summed E-state index contributed by atoms with van der Waals surface area (Å²) in [6, 6.07) is 0. The molecule has 124 valence electrons. The molecule has 0 amide bonds. The van der Waals surface area contributed by atoms with Gasteiger partial charge < -0.3 is 0 Å². The molecule has 0 spiro atoms. The molecule has 8 atom stereocenters. The summed E-state index contributed by atoms with van der Waals surface area (Å²) in [5.74, 6) is 7.00. The minimum Gasteiger partial charge on any atom is -0.195 e. The molecule has 6 aliphatic rings. The molecule has 6 aliphatic carbocycles. The van der Waals surface area contributed by atoms with Crippen molar-refractivity contribution >= 4 is 17.6 Å². The number of fused-ring (bicyclic) bond motifs is 4. The summed E-state index contributed by atoms with van der Waals surface area (Å²) >= 11 is 7.19. The number of halogens is 1. The third kappa shape index (κ3) is 1.84. The van der Waals surface area contributed by atoms with Crippen LogP contribution in [0.5, 0.6) is 0 Å². The van der Waals surface area contributed by atoms with Crippen molar-refractivity contribution in [3.8, 4) is 0 Å². The zero-order valence-corrected chi connectivity index (χ0v) is 16.2. The first-order chi connectivity index (χ1) is 10.2. The van der Waals surface area contributed by atoms with Crippen molar-refractivity contribution in [3.63, 3.8) is 0 Å². The van der Waals surface area contributed by atoms with Crippen LogP contribution in [-0.2, 0) is 0 Å². The minimum absolute atomic E-state index is 0.438. The van der Waals surface area contributed by atoms with Crippen molar-refractivity contribution in [2.45, 2.75) is 78.9 Å². The van der Waals surface area contributed by atoms with Gasteiger partial charge in [0.2, 0.25) is 0 Å². The topological polar surface area (TPSA) is 0 Å². The Morgan fingerprint density at radius 2 is 1.09 bits per heavy atom. The molecule has 2 heteroatoms. The average Bonchev–Trinajstić information content (AvgIpc) is 2.45. The summed E-state index contributed by atoms with van der Waals surface area (Å²) in [5, 5.41) is 0. The largest absolute Gasteiger partial charge is 0.257 e. The van der Waals surface area contributed by atoms with Gasteiger partial charge in [-0.2, -0.15) is 11.5 Å². The molecule has 6 fully saturated rings. The first-order valence-electron chi connectivity index (χ1n) is 9.79. The Balaban J connectivity index is 1.49. The van der Waals surface area contributed by atoms with Crippen LogP contribution >= 0.6 is 11.5 Å². The van der Waals surface area contributed by atoms with Gasteiger partial charge in [0.1, 0.15) is 0 Å². The third-order valence-electron chi connectivity index (χ3n) is 9.64. The maximum atomic E-state index is 7.19. The molecule has 0 unspecified atom stereocenters. The van der Waals surface area contributed by atoms with Crippen molar-refractivity contribution in [3.05, 3.63) is 0 Å². The molecule has 0 nitrogen and oxygen atoms in total. The van der Waals surface area contributed by atoms with Gasteiger partial charge in [0.15, 0.2) is 0 Å². The van der Waals surface area contributed by atoms with E-state index in [1.54, 1.807) is 0 Å². The molecule has 22 heavy (non-hydrogen) atoms. The van der Waals surface area contributed by atoms with Crippen LogP contribution in [0, 0.1) is 46.3 Å². The fourth-order valence-electron chi connectivity index (χ4n) is 7.54. The molecule has 6 saturated carbocycles. The Morgan fingerprint density at radius 1 is 0.727 bits per heavy atom. The van der Waals surface area contributed by atoms with Crippen LogP contribution in [-0.4, -0.2) is 6.13 Å². The van der Waals surface area contributed by atoms with E-state index in [0.29, 0.717) is 17.0 Å². The predicted molar refractivity (Wildman–Crippen MR) is 97.4 cm³/mol. The molecule has 6 rings (SSSR count). The lowest BCUT2D eigenvalue weighted by Gasteiger charge is -2.65. The highest BCUT2D eigenvalue weighted by Crippen LogP contribution is 2.69. The molecule has 0 aromatic heterocycles. The summed E-state index contributed by atoms with van der Waals surface area (Å²) in [4.78, 5) is 0. The van der Waals surface area contributed by atoms with Gasteiger partial charge in [-0.15, -0.1) is 0 Å². The first-order valence-corrected chi connectivity index (χ1v) is 10.2. The lowest BCUT2D eigenvalue weighted by molar-refractivity contribution is -0.106. The highest BCUT2D eigenvalue weighted by Gasteiger charge is 2.62. The van der Waals surface area contributed by atoms with E-state index < -0.39 is 0 Å². The fourth-order valence-corrected chi connectivity index (χ4v) is 8.20. The minimum atomic E-state index is 0.438. The van der Waals surface area contributed by atoms with Crippen molar-refractivity contribution in [1.29, 1.82) is 0 Å². The van der Waals surface area contributed by atoms with E-state index in [-0.39, 0.29) is 0 Å². The Labute approximate surface area is 143 Å². The van der Waals surface area contributed by atoms with Gasteiger partial charge in [0.25, 0.3) is 6.13 Å². The Hall–Kier alpha value is 0.355. The van der Waals surface area contributed by atoms with Crippen LogP contribution in [0.25, 0.3) is 0 Å². The fraction of sp³-hybridized carbons (Fsp3) is 1.00. The van der Waals surface area contributed by atoms with Crippen LogP contribution in [0.3, 0.4) is 0 Å². The van der Waals surface area contributed by atoms with E-state index in [4.69, 9.17) is 11.5 Å². The number of rotatable bonds is 2. The van der Waals surface area contributed by atoms with Crippen molar-refractivity contribution in [1.82, 2.24) is 0 Å². The number of hydrogen-bond donors (Lipinski definition) is 0. The van der Waals surface area contributed by atoms with Gasteiger partial charge in [-0.3, -0.25) is 0 Å². The number of hydrogen-bond acceptors (Lipinski definition) is 0. The first kappa shape index (κ1) is 15.9. The van der Waals surface area contributed by atoms with Gasteiger partial charge >= 0.3 is 0 Å². The zero-order chi connectivity index (χ0) is 16.0. The maximum absolute atomic E-state index is 7.19. The van der Waals surface area contributed by atoms with E-state index in [1.807, 2.05) is 0 Å². The normalized spacial score (nSPS) is 54.1. The summed E-state index contributed by atoms with van der Waals surface area (Å²) < 4.78 is 0. The Morgan fingerprint density at radius 3 is 1.36 bits per heavy atom. The zero-order valence-electron chi connectivity index (χ0n) is 15.4. The average molecular weight is 321 g/mol. The van der Waals surface area contributed by atoms with Gasteiger partial charge in [-0.1, -0.05) is 54.4 Å². The monoisotopic (exact) mass is 320 g/mol. The predicted octanol–water partition coefficient (Wildman–Crippen LogP) is 6.36. The van der Waals surface area contributed by atoms with Gasteiger partial charge in [0.05, 0.1) is 0 Å². The highest BCUT2D eigenvalue weighted by atomic mass is 35.5. The molecule has 0 N–H and O–H groups in total. The molecule has 0 aromatic rings. The molecular weight excluding hydrogens is 286 g/mol. The summed E-state index contributed by atoms with van der Waals surface area (Å²) in [7, 11) is 0. The van der Waals surface area contributed by atoms with Crippen LogP contribution in [0.1, 0.15) is 67.2 Å². The molecule has 0 aromatic carbocycles. The van der Waals surface area contributed by atoms with E-state index in [2.05, 4.69) is 41.5 Å². The smallest absolute Gasteiger partial charge is 0.195 e. The summed E-state index contributed by atoms with van der Waals surface area (Å²) in [6.45, 7) is 15.0. The maximum Gasteiger partial charge on any atom is 0.257 e. The van der Waals surface area contributed by atoms with E-state index in [1.165, 1.54) is 25.7 Å². The second-order valence-corrected chi connectivity index (χ2v) is 11.2. The molecule has 0 saturated heterocycles. The van der Waals surface area contributed by atoms with Crippen molar-refractivity contribution in [2.75, 3.05) is 0 Å². The van der Waals surface area contributed by atoms with E-state index in [9.17, 15) is 0 Å². The Kier molecular flexibility index (Phi) is 3.39. The summed E-state index contributed by atoms with van der Waals surface area (Å²) in [6.07, 6.45) is 6.20. The quantitative estimate of drug-likeness (QED) is 0.519. The molecule has 0 radical (unpaired) electrons. The third-order valence-corrected chi connectivity index (χ3v) is 10.3. The standard InChI is InChI=1S/C20H34BCl/c1-11-15-7-13(19(15,3)4)9-17(11)21(22)18-10-14-8-16(12(18)2)20(14,5)6/h11-18H,7-10H2,1-6H3/t11-,12+,13-,14-,15-,16-,17+,18-/m0/s1. The van der Waals surface area contributed by atoms with Gasteiger partial charge in [0, 0.05) is 0 Å². The van der Waals surface area contributed by atoms with E-state index >= 15 is 0 Å². The van der Waals surface area contributed by atoms with Gasteiger partial charge in [-0.05, 0) is 70.8 Å². The Bertz CT molecular complexity index is 428. The van der Waals surface area contributed by atoms with Gasteiger partial charge in [-0.25, -0.2) is 0 Å². The molecular formula is C20H34BCl. The van der Waals surface area contributed by atoms with Crippen LogP contribution in [0.2, 0.25) is 11.6 Å². The SMILES string of the molecule is C[C@@H]1[C@H](B(Cl)[C@H]2C[C@@H]3C[C@@H]([C@H]2C)C3(C)C)C[C@@H]2C[C@@H]1C2(C)C. The lowest BCUT2D eigenvalue weighted by atomic mass is 9.30. The van der Waals surface area contributed by atoms with E-state index in [0.717, 1.165) is 47.1 Å².